The summed E-state index contributed by atoms with van der Waals surface area (Å²) in [4.78, 5) is 0. The number of halogens is 3. The van der Waals surface area contributed by atoms with Gasteiger partial charge in [-0.25, -0.2) is 4.68 Å². The summed E-state index contributed by atoms with van der Waals surface area (Å²) in [7, 11) is 0. The van der Waals surface area contributed by atoms with Gasteiger partial charge < -0.3 is 5.73 Å². The Morgan fingerprint density at radius 2 is 1.69 bits per heavy atom. The summed E-state index contributed by atoms with van der Waals surface area (Å²) in [6, 6.07) is 3.24. The van der Waals surface area contributed by atoms with Crippen LogP contribution in [0.5, 0.6) is 0 Å². The molecule has 0 saturated heterocycles. The van der Waals surface area contributed by atoms with E-state index < -0.39 is 0 Å². The van der Waals surface area contributed by atoms with Crippen molar-refractivity contribution in [2.24, 2.45) is 0 Å². The molecule has 16 heavy (non-hydrogen) atoms. The van der Waals surface area contributed by atoms with Gasteiger partial charge >= 0.3 is 0 Å². The van der Waals surface area contributed by atoms with Gasteiger partial charge in [-0.15, -0.1) is 0 Å². The molecule has 2 aromatic rings. The molecular formula is C10H8Cl3N3. The Hall–Kier alpha value is -0.900. The third-order valence-electron chi connectivity index (χ3n) is 2.11. The van der Waals surface area contributed by atoms with Crippen LogP contribution in [0.4, 0.5) is 5.69 Å². The second-order valence-electron chi connectivity index (χ2n) is 3.34. The zero-order valence-electron chi connectivity index (χ0n) is 8.34. The highest BCUT2D eigenvalue weighted by atomic mass is 35.5. The molecule has 1 aromatic carbocycles. The highest BCUT2D eigenvalue weighted by molar-refractivity contribution is 6.38. The Morgan fingerprint density at radius 1 is 1.12 bits per heavy atom. The van der Waals surface area contributed by atoms with Crippen LogP contribution in [0, 0.1) is 6.92 Å². The minimum atomic E-state index is 0.434. The fourth-order valence-electron chi connectivity index (χ4n) is 1.36. The van der Waals surface area contributed by atoms with E-state index in [2.05, 4.69) is 5.10 Å². The Labute approximate surface area is 108 Å². The van der Waals surface area contributed by atoms with Gasteiger partial charge in [0.15, 0.2) is 0 Å². The molecule has 2 rings (SSSR count). The minimum Gasteiger partial charge on any atom is -0.399 e. The predicted molar refractivity (Wildman–Crippen MR) is 67.7 cm³/mol. The van der Waals surface area contributed by atoms with Gasteiger partial charge in [0.05, 0.1) is 20.8 Å². The number of nitrogens with zero attached hydrogens (tertiary/aromatic N) is 2. The normalized spacial score (nSPS) is 10.8. The molecule has 0 amide bonds. The number of hydrogen-bond donors (Lipinski definition) is 1. The van der Waals surface area contributed by atoms with Gasteiger partial charge in [0.2, 0.25) is 0 Å². The molecule has 0 atom stereocenters. The number of benzene rings is 1. The summed E-state index contributed by atoms with van der Waals surface area (Å²) in [5.41, 5.74) is 7.41. The average Bonchev–Trinajstić information content (AvgIpc) is 2.44. The van der Waals surface area contributed by atoms with E-state index in [1.54, 1.807) is 29.9 Å². The van der Waals surface area contributed by atoms with Crippen LogP contribution in [0.1, 0.15) is 5.69 Å². The summed E-state index contributed by atoms with van der Waals surface area (Å²) < 4.78 is 1.54. The number of aromatic nitrogens is 2. The number of aryl methyl sites for hydroxylation is 1. The van der Waals surface area contributed by atoms with Crippen molar-refractivity contribution in [3.8, 4) is 5.69 Å². The van der Waals surface area contributed by atoms with Gasteiger partial charge in [-0.3, -0.25) is 0 Å². The van der Waals surface area contributed by atoms with E-state index in [-0.39, 0.29) is 0 Å². The van der Waals surface area contributed by atoms with Crippen LogP contribution < -0.4 is 5.73 Å². The lowest BCUT2D eigenvalue weighted by atomic mass is 10.3. The molecular weight excluding hydrogens is 268 g/mol. The minimum absolute atomic E-state index is 0.434. The standard InChI is InChI=1S/C10H8Cl3N3/c1-5-9(13)4-16(15-5)10-7(11)2-6(14)3-8(10)12/h2-4H,14H2,1H3. The third kappa shape index (κ3) is 1.98. The second kappa shape index (κ2) is 4.17. The van der Waals surface area contributed by atoms with Gasteiger partial charge in [0.1, 0.15) is 5.69 Å². The number of anilines is 1. The lowest BCUT2D eigenvalue weighted by Gasteiger charge is -2.07. The Balaban J connectivity index is 2.64. The highest BCUT2D eigenvalue weighted by Gasteiger charge is 2.12. The number of nitrogen functional groups attached to an aromatic ring is 1. The van der Waals surface area contributed by atoms with Gasteiger partial charge in [-0.1, -0.05) is 34.8 Å². The lowest BCUT2D eigenvalue weighted by Crippen LogP contribution is -1.98. The topological polar surface area (TPSA) is 43.8 Å². The molecule has 0 aliphatic rings. The predicted octanol–water partition coefficient (Wildman–Crippen LogP) is 3.72. The van der Waals surface area contributed by atoms with Crippen LogP contribution in [0.3, 0.4) is 0 Å². The van der Waals surface area contributed by atoms with Crippen molar-refractivity contribution in [3.63, 3.8) is 0 Å². The maximum absolute atomic E-state index is 6.06. The lowest BCUT2D eigenvalue weighted by molar-refractivity contribution is 0.863. The van der Waals surface area contributed by atoms with E-state index in [4.69, 9.17) is 40.5 Å². The Kier molecular flexibility index (Phi) is 3.02. The molecule has 0 saturated carbocycles. The molecule has 84 valence electrons. The highest BCUT2D eigenvalue weighted by Crippen LogP contribution is 2.31. The zero-order chi connectivity index (χ0) is 11.9. The van der Waals surface area contributed by atoms with Crippen molar-refractivity contribution in [3.05, 3.63) is 39.1 Å². The molecule has 0 aliphatic carbocycles. The van der Waals surface area contributed by atoms with Crippen LogP contribution in [0.2, 0.25) is 15.1 Å². The molecule has 0 unspecified atom stereocenters. The molecule has 2 N–H and O–H groups in total. The first-order chi connectivity index (χ1) is 7.49. The number of rotatable bonds is 1. The summed E-state index contributed by atoms with van der Waals surface area (Å²) in [5.74, 6) is 0. The monoisotopic (exact) mass is 275 g/mol. The first-order valence-corrected chi connectivity index (χ1v) is 5.59. The van der Waals surface area contributed by atoms with E-state index in [1.165, 1.54) is 0 Å². The van der Waals surface area contributed by atoms with E-state index in [9.17, 15) is 0 Å². The van der Waals surface area contributed by atoms with Crippen LogP contribution in [-0.4, -0.2) is 9.78 Å². The van der Waals surface area contributed by atoms with Gasteiger partial charge in [-0.05, 0) is 19.1 Å². The molecule has 0 spiro atoms. The first-order valence-electron chi connectivity index (χ1n) is 4.45. The fraction of sp³-hybridized carbons (Fsp3) is 0.100. The quantitative estimate of drug-likeness (QED) is 0.807. The smallest absolute Gasteiger partial charge is 0.102 e. The molecule has 1 heterocycles. The molecule has 3 nitrogen and oxygen atoms in total. The molecule has 0 radical (unpaired) electrons. The Bertz CT molecular complexity index is 506. The van der Waals surface area contributed by atoms with E-state index in [1.807, 2.05) is 0 Å². The fourth-order valence-corrected chi connectivity index (χ4v) is 2.16. The van der Waals surface area contributed by atoms with E-state index in [0.29, 0.717) is 32.1 Å². The average molecular weight is 277 g/mol. The molecule has 6 heteroatoms. The van der Waals surface area contributed by atoms with Crippen molar-refractivity contribution in [1.82, 2.24) is 9.78 Å². The zero-order valence-corrected chi connectivity index (χ0v) is 10.6. The van der Waals surface area contributed by atoms with Crippen LogP contribution in [0.15, 0.2) is 18.3 Å². The van der Waals surface area contributed by atoms with Crippen molar-refractivity contribution < 1.29 is 0 Å². The van der Waals surface area contributed by atoms with Crippen molar-refractivity contribution in [2.45, 2.75) is 6.92 Å². The van der Waals surface area contributed by atoms with Crippen molar-refractivity contribution in [1.29, 1.82) is 0 Å². The second-order valence-corrected chi connectivity index (χ2v) is 4.56. The molecule has 0 bridgehead atoms. The van der Waals surface area contributed by atoms with Crippen LogP contribution >= 0.6 is 34.8 Å². The van der Waals surface area contributed by atoms with Gasteiger partial charge in [0, 0.05) is 11.9 Å². The van der Waals surface area contributed by atoms with Crippen molar-refractivity contribution in [2.75, 3.05) is 5.73 Å². The van der Waals surface area contributed by atoms with Crippen molar-refractivity contribution >= 4 is 40.5 Å². The first kappa shape index (κ1) is 11.6. The number of hydrogen-bond acceptors (Lipinski definition) is 2. The third-order valence-corrected chi connectivity index (χ3v) is 3.05. The van der Waals surface area contributed by atoms with Crippen LogP contribution in [0.25, 0.3) is 5.69 Å². The SMILES string of the molecule is Cc1nn(-c2c(Cl)cc(N)cc2Cl)cc1Cl. The Morgan fingerprint density at radius 3 is 2.12 bits per heavy atom. The largest absolute Gasteiger partial charge is 0.399 e. The molecule has 0 aliphatic heterocycles. The van der Waals surface area contributed by atoms with Crippen LogP contribution in [-0.2, 0) is 0 Å². The van der Waals surface area contributed by atoms with E-state index >= 15 is 0 Å². The van der Waals surface area contributed by atoms with Gasteiger partial charge in [0.25, 0.3) is 0 Å². The summed E-state index contributed by atoms with van der Waals surface area (Å²) in [5, 5.41) is 5.63. The molecule has 0 fully saturated rings. The maximum atomic E-state index is 6.06. The van der Waals surface area contributed by atoms with Gasteiger partial charge in [-0.2, -0.15) is 5.10 Å². The number of nitrogens with two attached hydrogens (primary N) is 1. The summed E-state index contributed by atoms with van der Waals surface area (Å²) in [6.07, 6.45) is 1.65. The molecule has 1 aromatic heterocycles. The summed E-state index contributed by atoms with van der Waals surface area (Å²) >= 11 is 18.0. The van der Waals surface area contributed by atoms with E-state index in [0.717, 1.165) is 0 Å². The maximum Gasteiger partial charge on any atom is 0.102 e. The summed E-state index contributed by atoms with van der Waals surface area (Å²) in [6.45, 7) is 1.80.